The van der Waals surface area contributed by atoms with Gasteiger partial charge < -0.3 is 13.6 Å². The molecule has 0 aliphatic carbocycles. The Morgan fingerprint density at radius 2 is 0.962 bits per heavy atom. The molecule has 12 aromatic rings. The first-order valence-electron chi connectivity index (χ1n) is 17.7. The average molecular weight is 681 g/mol. The highest BCUT2D eigenvalue weighted by Crippen LogP contribution is 2.45. The minimum atomic E-state index is 0.892. The van der Waals surface area contributed by atoms with E-state index in [2.05, 4.69) is 179 Å². The molecule has 0 saturated carbocycles. The predicted octanol–water partition coefficient (Wildman–Crippen LogP) is 13.8. The number of hydrogen-bond donors (Lipinski definition) is 0. The Kier molecular flexibility index (Phi) is 5.65. The Morgan fingerprint density at radius 1 is 0.365 bits per heavy atom. The summed E-state index contributed by atoms with van der Waals surface area (Å²) in [4.78, 5) is 0. The van der Waals surface area contributed by atoms with Gasteiger partial charge in [-0.25, -0.2) is 0 Å². The van der Waals surface area contributed by atoms with E-state index in [4.69, 9.17) is 4.42 Å². The van der Waals surface area contributed by atoms with Crippen LogP contribution in [0, 0.1) is 0 Å². The fraction of sp³-hybridized carbons (Fsp3) is 0. The minimum absolute atomic E-state index is 0.892. The molecule has 0 unspecified atom stereocenters. The highest BCUT2D eigenvalue weighted by Gasteiger charge is 2.20. The molecular weight excluding hydrogens is 653 g/mol. The molecule has 0 saturated heterocycles. The molecule has 8 aromatic carbocycles. The number of hydrogen-bond acceptors (Lipinski definition) is 2. The number of fused-ring (bicyclic) bond motifs is 12. The molecule has 4 aromatic heterocycles. The van der Waals surface area contributed by atoms with Crippen LogP contribution in [0.1, 0.15) is 0 Å². The molecule has 0 atom stereocenters. The zero-order chi connectivity index (χ0) is 33.9. The Bertz CT molecular complexity index is 3410. The van der Waals surface area contributed by atoms with Crippen molar-refractivity contribution in [1.29, 1.82) is 0 Å². The standard InChI is InChI=1S/C48H28N2OS/c1-2-12-29(13-3-1)49-41-21-7-4-14-31(41)38-28-44-39(27-43(38)49)32-15-5-8-22-42(32)50(44)30-24-25-45-40(26-30)35-18-10-17-34(47(35)51-45)37-20-11-19-36-33-16-6-9-23-46(33)52-48(36)37/h1-28H. The zero-order valence-corrected chi connectivity index (χ0v) is 28.7. The van der Waals surface area contributed by atoms with E-state index >= 15 is 0 Å². The van der Waals surface area contributed by atoms with Crippen molar-refractivity contribution >= 4 is 97.1 Å². The molecule has 0 N–H and O–H groups in total. The van der Waals surface area contributed by atoms with Crippen molar-refractivity contribution in [3.63, 3.8) is 0 Å². The monoisotopic (exact) mass is 680 g/mol. The maximum Gasteiger partial charge on any atom is 0.143 e. The lowest BCUT2D eigenvalue weighted by Gasteiger charge is -2.09. The summed E-state index contributed by atoms with van der Waals surface area (Å²) < 4.78 is 14.2. The molecule has 0 radical (unpaired) electrons. The van der Waals surface area contributed by atoms with Crippen molar-refractivity contribution in [2.75, 3.05) is 0 Å². The van der Waals surface area contributed by atoms with Crippen molar-refractivity contribution in [1.82, 2.24) is 9.13 Å². The number of benzene rings is 8. The zero-order valence-electron chi connectivity index (χ0n) is 27.9. The lowest BCUT2D eigenvalue weighted by Crippen LogP contribution is -1.94. The van der Waals surface area contributed by atoms with E-state index < -0.39 is 0 Å². The van der Waals surface area contributed by atoms with Gasteiger partial charge in [-0.2, -0.15) is 0 Å². The van der Waals surface area contributed by atoms with E-state index in [0.29, 0.717) is 0 Å². The topological polar surface area (TPSA) is 23.0 Å². The number of nitrogens with zero attached hydrogens (tertiary/aromatic N) is 2. The van der Waals surface area contributed by atoms with E-state index in [-0.39, 0.29) is 0 Å². The fourth-order valence-electron chi connectivity index (χ4n) is 8.66. The molecule has 0 amide bonds. The van der Waals surface area contributed by atoms with E-state index in [0.717, 1.165) is 38.9 Å². The highest BCUT2D eigenvalue weighted by atomic mass is 32.1. The Morgan fingerprint density at radius 3 is 1.71 bits per heavy atom. The van der Waals surface area contributed by atoms with Crippen LogP contribution in [0.5, 0.6) is 0 Å². The molecule has 0 aliphatic heterocycles. The normalized spacial score (nSPS) is 12.2. The van der Waals surface area contributed by atoms with E-state index in [9.17, 15) is 0 Å². The van der Waals surface area contributed by atoms with Gasteiger partial charge in [0.05, 0.1) is 22.1 Å². The SMILES string of the molecule is c1ccc(-n2c3ccccc3c3cc4c(cc32)c2ccccc2n4-c2ccc3oc4c(-c5cccc6c5sc5ccccc56)cccc4c3c2)cc1. The quantitative estimate of drug-likeness (QED) is 0.182. The molecule has 4 heteroatoms. The van der Waals surface area contributed by atoms with Crippen LogP contribution in [-0.4, -0.2) is 9.13 Å². The maximum absolute atomic E-state index is 6.75. The van der Waals surface area contributed by atoms with Gasteiger partial charge >= 0.3 is 0 Å². The summed E-state index contributed by atoms with van der Waals surface area (Å²) >= 11 is 1.86. The number of rotatable bonds is 3. The van der Waals surface area contributed by atoms with Gasteiger partial charge in [-0.1, -0.05) is 109 Å². The molecule has 0 fully saturated rings. The van der Waals surface area contributed by atoms with E-state index in [1.807, 2.05) is 11.3 Å². The fourth-order valence-corrected chi connectivity index (χ4v) is 9.89. The summed E-state index contributed by atoms with van der Waals surface area (Å²) in [5, 5.41) is 9.80. The third-order valence-corrected chi connectivity index (χ3v) is 12.1. The van der Waals surface area contributed by atoms with Crippen LogP contribution in [0.4, 0.5) is 0 Å². The van der Waals surface area contributed by atoms with E-state index in [1.54, 1.807) is 0 Å². The number of thiophene rings is 1. The predicted molar refractivity (Wildman–Crippen MR) is 221 cm³/mol. The first-order chi connectivity index (χ1) is 25.8. The van der Waals surface area contributed by atoms with Gasteiger partial charge in [-0.15, -0.1) is 11.3 Å². The van der Waals surface area contributed by atoms with Gasteiger partial charge in [0.2, 0.25) is 0 Å². The van der Waals surface area contributed by atoms with Crippen LogP contribution in [0.25, 0.3) is 108 Å². The Balaban J connectivity index is 1.11. The van der Waals surface area contributed by atoms with Crippen LogP contribution in [0.15, 0.2) is 174 Å². The van der Waals surface area contributed by atoms with Gasteiger partial charge in [-0.3, -0.25) is 0 Å². The second kappa shape index (κ2) is 10.5. The third-order valence-electron chi connectivity index (χ3n) is 10.9. The van der Waals surface area contributed by atoms with Gasteiger partial charge in [0.1, 0.15) is 11.2 Å². The van der Waals surface area contributed by atoms with Crippen LogP contribution in [-0.2, 0) is 0 Å². The van der Waals surface area contributed by atoms with Crippen LogP contribution >= 0.6 is 11.3 Å². The van der Waals surface area contributed by atoms with Crippen LogP contribution in [0.2, 0.25) is 0 Å². The highest BCUT2D eigenvalue weighted by molar-refractivity contribution is 7.26. The second-order valence-electron chi connectivity index (χ2n) is 13.7. The third kappa shape index (κ3) is 3.79. The molecule has 0 aliphatic rings. The smallest absolute Gasteiger partial charge is 0.143 e. The molecule has 52 heavy (non-hydrogen) atoms. The molecular formula is C48H28N2OS. The summed E-state index contributed by atoms with van der Waals surface area (Å²) in [6.45, 7) is 0. The Hall–Kier alpha value is -6.62. The van der Waals surface area contributed by atoms with Crippen LogP contribution < -0.4 is 0 Å². The van der Waals surface area contributed by atoms with E-state index in [1.165, 1.54) is 69.3 Å². The lowest BCUT2D eigenvalue weighted by atomic mass is 10.00. The molecule has 0 spiro atoms. The number of furan rings is 1. The molecule has 3 nitrogen and oxygen atoms in total. The minimum Gasteiger partial charge on any atom is -0.455 e. The van der Waals surface area contributed by atoms with Crippen molar-refractivity contribution in [3.05, 3.63) is 170 Å². The van der Waals surface area contributed by atoms with Crippen molar-refractivity contribution in [3.8, 4) is 22.5 Å². The van der Waals surface area contributed by atoms with Crippen LogP contribution in [0.3, 0.4) is 0 Å². The summed E-state index contributed by atoms with van der Waals surface area (Å²) in [6.07, 6.45) is 0. The van der Waals surface area contributed by atoms with Crippen molar-refractivity contribution in [2.24, 2.45) is 0 Å². The van der Waals surface area contributed by atoms with Crippen molar-refractivity contribution in [2.45, 2.75) is 0 Å². The second-order valence-corrected chi connectivity index (χ2v) is 14.7. The summed E-state index contributed by atoms with van der Waals surface area (Å²) in [5.41, 5.74) is 11.2. The van der Waals surface area contributed by atoms with Gasteiger partial charge in [0.15, 0.2) is 0 Å². The van der Waals surface area contributed by atoms with Crippen molar-refractivity contribution < 1.29 is 4.42 Å². The Labute approximate surface area is 301 Å². The number of para-hydroxylation sites is 4. The molecule has 0 bridgehead atoms. The molecule has 12 rings (SSSR count). The first-order valence-corrected chi connectivity index (χ1v) is 18.5. The first kappa shape index (κ1) is 28.1. The molecule has 242 valence electrons. The van der Waals surface area contributed by atoms with Gasteiger partial charge in [-0.05, 0) is 60.7 Å². The lowest BCUT2D eigenvalue weighted by molar-refractivity contribution is 0.670. The summed E-state index contributed by atoms with van der Waals surface area (Å²) in [7, 11) is 0. The largest absolute Gasteiger partial charge is 0.455 e. The molecule has 4 heterocycles. The summed E-state index contributed by atoms with van der Waals surface area (Å²) in [6, 6.07) is 61.6. The average Bonchev–Trinajstić information content (AvgIpc) is 3.95. The van der Waals surface area contributed by atoms with Gasteiger partial charge in [0, 0.05) is 75.0 Å². The maximum atomic E-state index is 6.75. The van der Waals surface area contributed by atoms with Gasteiger partial charge in [0.25, 0.3) is 0 Å². The number of aromatic nitrogens is 2. The summed E-state index contributed by atoms with van der Waals surface area (Å²) in [5.74, 6) is 0.